The largest absolute Gasteiger partial charge is 0.469 e. The second kappa shape index (κ2) is 6.24. The lowest BCUT2D eigenvalue weighted by molar-refractivity contribution is -0.158. The minimum absolute atomic E-state index is 0.0750. The van der Waals surface area contributed by atoms with Gasteiger partial charge in [0.05, 0.1) is 13.7 Å². The number of esters is 1. The van der Waals surface area contributed by atoms with E-state index >= 15 is 0 Å². The molecule has 4 nitrogen and oxygen atoms in total. The molecule has 0 aromatic rings. The summed E-state index contributed by atoms with van der Waals surface area (Å²) in [4.78, 5) is 12.0. The zero-order valence-electron chi connectivity index (χ0n) is 11.7. The van der Waals surface area contributed by atoms with E-state index in [1.165, 1.54) is 7.11 Å². The average molecular weight is 266 g/mol. The molecule has 0 aromatic carbocycles. The molecule has 1 aliphatic carbocycles. The Bertz CT molecular complexity index is 380. The molecular weight excluding hydrogens is 244 g/mol. The van der Waals surface area contributed by atoms with E-state index in [9.17, 15) is 4.79 Å². The van der Waals surface area contributed by atoms with Crippen molar-refractivity contribution in [1.82, 2.24) is 0 Å². The summed E-state index contributed by atoms with van der Waals surface area (Å²) < 4.78 is 16.3. The van der Waals surface area contributed by atoms with E-state index in [4.69, 9.17) is 14.2 Å². The molecule has 3 atom stereocenters. The van der Waals surface area contributed by atoms with E-state index in [0.29, 0.717) is 5.76 Å². The molecule has 0 bridgehead atoms. The van der Waals surface area contributed by atoms with Crippen LogP contribution in [-0.2, 0) is 19.0 Å². The maximum absolute atomic E-state index is 12.0. The molecular formula is C15H22O4. The third-order valence-corrected chi connectivity index (χ3v) is 3.78. The van der Waals surface area contributed by atoms with Crippen molar-refractivity contribution in [2.24, 2.45) is 11.8 Å². The molecule has 1 aliphatic heterocycles. The molecule has 1 saturated heterocycles. The van der Waals surface area contributed by atoms with Crippen molar-refractivity contribution in [3.63, 3.8) is 0 Å². The minimum atomic E-state index is -0.368. The van der Waals surface area contributed by atoms with Crippen molar-refractivity contribution in [1.29, 1.82) is 0 Å². The van der Waals surface area contributed by atoms with Gasteiger partial charge in [0.2, 0.25) is 0 Å². The Kier molecular flexibility index (Phi) is 4.64. The number of hydrogen-bond donors (Lipinski definition) is 0. The summed E-state index contributed by atoms with van der Waals surface area (Å²) in [6, 6.07) is 0. The van der Waals surface area contributed by atoms with Crippen molar-refractivity contribution < 1.29 is 19.0 Å². The standard InChI is InChI=1S/C15H22O4/c1-10(2)11-7-8-12(14(11)15(16)17-3)19-13-6-4-5-9-18-13/h8,11,13-14H,1,4-7,9H2,2-3H3/t11-,13?,14+/m0/s1. The first-order valence-corrected chi connectivity index (χ1v) is 6.85. The third kappa shape index (κ3) is 3.18. The van der Waals surface area contributed by atoms with Gasteiger partial charge in [-0.2, -0.15) is 0 Å². The van der Waals surface area contributed by atoms with Crippen LogP contribution in [0.15, 0.2) is 24.0 Å². The predicted octanol–water partition coefficient (Wildman–Crippen LogP) is 2.80. The van der Waals surface area contributed by atoms with E-state index in [1.54, 1.807) is 0 Å². The summed E-state index contributed by atoms with van der Waals surface area (Å²) in [6.07, 6.45) is 5.58. The molecule has 106 valence electrons. The number of ether oxygens (including phenoxy) is 3. The Labute approximate surface area is 114 Å². The quantitative estimate of drug-likeness (QED) is 0.580. The van der Waals surface area contributed by atoms with Gasteiger partial charge in [0.15, 0.2) is 6.29 Å². The fourth-order valence-electron chi connectivity index (χ4n) is 2.67. The van der Waals surface area contributed by atoms with E-state index in [-0.39, 0.29) is 24.1 Å². The zero-order chi connectivity index (χ0) is 13.8. The van der Waals surface area contributed by atoms with Gasteiger partial charge >= 0.3 is 5.97 Å². The molecule has 0 saturated carbocycles. The molecule has 1 fully saturated rings. The number of hydrogen-bond acceptors (Lipinski definition) is 4. The Morgan fingerprint density at radius 1 is 1.47 bits per heavy atom. The lowest BCUT2D eigenvalue weighted by atomic mass is 9.89. The van der Waals surface area contributed by atoms with Crippen LogP contribution in [0.4, 0.5) is 0 Å². The van der Waals surface area contributed by atoms with Crippen LogP contribution in [0.5, 0.6) is 0 Å². The highest BCUT2D eigenvalue weighted by Gasteiger charge is 2.39. The highest BCUT2D eigenvalue weighted by molar-refractivity contribution is 5.76. The van der Waals surface area contributed by atoms with Gasteiger partial charge in [0.1, 0.15) is 11.7 Å². The summed E-state index contributed by atoms with van der Waals surface area (Å²) in [6.45, 7) is 6.62. The smallest absolute Gasteiger partial charge is 0.316 e. The van der Waals surface area contributed by atoms with Crippen LogP contribution in [0.2, 0.25) is 0 Å². The van der Waals surface area contributed by atoms with Crippen molar-refractivity contribution in [3.8, 4) is 0 Å². The van der Waals surface area contributed by atoms with Crippen LogP contribution in [0.25, 0.3) is 0 Å². The number of carbonyl (C=O) groups is 1. The van der Waals surface area contributed by atoms with E-state index in [0.717, 1.165) is 37.9 Å². The summed E-state index contributed by atoms with van der Waals surface area (Å²) in [5.74, 6) is 0.137. The SMILES string of the molecule is C=C(C)[C@@H]1CC=C(OC2CCCCO2)[C@@H]1C(=O)OC. The van der Waals surface area contributed by atoms with Crippen molar-refractivity contribution in [2.75, 3.05) is 13.7 Å². The van der Waals surface area contributed by atoms with Crippen molar-refractivity contribution in [3.05, 3.63) is 24.0 Å². The fourth-order valence-corrected chi connectivity index (χ4v) is 2.67. The summed E-state index contributed by atoms with van der Waals surface area (Å²) >= 11 is 0. The summed E-state index contributed by atoms with van der Waals surface area (Å²) in [7, 11) is 1.41. The van der Waals surface area contributed by atoms with Gasteiger partial charge in [0.25, 0.3) is 0 Å². The molecule has 2 aliphatic rings. The lowest BCUT2D eigenvalue weighted by Crippen LogP contribution is -2.29. The lowest BCUT2D eigenvalue weighted by Gasteiger charge is -2.27. The van der Waals surface area contributed by atoms with Gasteiger partial charge in [0, 0.05) is 12.3 Å². The van der Waals surface area contributed by atoms with E-state index in [2.05, 4.69) is 6.58 Å². The molecule has 0 amide bonds. The number of allylic oxidation sites excluding steroid dienone is 2. The molecule has 1 unspecified atom stereocenters. The highest BCUT2D eigenvalue weighted by Crippen LogP contribution is 2.38. The number of rotatable bonds is 4. The zero-order valence-corrected chi connectivity index (χ0v) is 11.7. The molecule has 4 heteroatoms. The molecule has 0 spiro atoms. The second-order valence-electron chi connectivity index (χ2n) is 5.21. The second-order valence-corrected chi connectivity index (χ2v) is 5.21. The predicted molar refractivity (Wildman–Crippen MR) is 71.2 cm³/mol. The summed E-state index contributed by atoms with van der Waals surface area (Å²) in [5, 5.41) is 0. The normalized spacial score (nSPS) is 30.6. The molecule has 2 rings (SSSR count). The van der Waals surface area contributed by atoms with Gasteiger partial charge in [-0.15, -0.1) is 0 Å². The van der Waals surface area contributed by atoms with Gasteiger partial charge in [-0.1, -0.05) is 12.2 Å². The third-order valence-electron chi connectivity index (χ3n) is 3.78. The first-order chi connectivity index (χ1) is 9.13. The first kappa shape index (κ1) is 14.1. The van der Waals surface area contributed by atoms with Crippen LogP contribution in [-0.4, -0.2) is 26.0 Å². The van der Waals surface area contributed by atoms with E-state index in [1.807, 2.05) is 13.0 Å². The van der Waals surface area contributed by atoms with Crippen LogP contribution in [0.3, 0.4) is 0 Å². The molecule has 1 heterocycles. The van der Waals surface area contributed by atoms with Crippen LogP contribution in [0, 0.1) is 11.8 Å². The van der Waals surface area contributed by atoms with Crippen LogP contribution in [0.1, 0.15) is 32.6 Å². The molecule has 0 N–H and O–H groups in total. The molecule has 19 heavy (non-hydrogen) atoms. The Morgan fingerprint density at radius 2 is 2.26 bits per heavy atom. The average Bonchev–Trinajstić information content (AvgIpc) is 2.83. The van der Waals surface area contributed by atoms with Gasteiger partial charge in [-0.05, 0) is 32.3 Å². The minimum Gasteiger partial charge on any atom is -0.469 e. The van der Waals surface area contributed by atoms with Crippen LogP contribution < -0.4 is 0 Å². The Morgan fingerprint density at radius 3 is 2.84 bits per heavy atom. The fraction of sp³-hybridized carbons (Fsp3) is 0.667. The Balaban J connectivity index is 2.05. The number of methoxy groups -OCH3 is 1. The van der Waals surface area contributed by atoms with E-state index < -0.39 is 0 Å². The van der Waals surface area contributed by atoms with Gasteiger partial charge in [-0.25, -0.2) is 0 Å². The number of carbonyl (C=O) groups excluding carboxylic acids is 1. The topological polar surface area (TPSA) is 44.8 Å². The monoisotopic (exact) mass is 266 g/mol. The van der Waals surface area contributed by atoms with Crippen molar-refractivity contribution in [2.45, 2.75) is 38.9 Å². The molecule has 0 aromatic heterocycles. The van der Waals surface area contributed by atoms with Gasteiger partial charge in [-0.3, -0.25) is 4.79 Å². The molecule has 0 radical (unpaired) electrons. The van der Waals surface area contributed by atoms with Crippen molar-refractivity contribution >= 4 is 5.97 Å². The van der Waals surface area contributed by atoms with Crippen LogP contribution >= 0.6 is 0 Å². The maximum atomic E-state index is 12.0. The Hall–Kier alpha value is -1.29. The first-order valence-electron chi connectivity index (χ1n) is 6.85. The van der Waals surface area contributed by atoms with Gasteiger partial charge < -0.3 is 14.2 Å². The summed E-state index contributed by atoms with van der Waals surface area (Å²) in [5.41, 5.74) is 0.981. The maximum Gasteiger partial charge on any atom is 0.316 e. The highest BCUT2D eigenvalue weighted by atomic mass is 16.7.